The zero-order chi connectivity index (χ0) is 12.2. The molecule has 16 heavy (non-hydrogen) atoms. The van der Waals surface area contributed by atoms with E-state index in [4.69, 9.17) is 4.74 Å². The Morgan fingerprint density at radius 3 is 2.44 bits per heavy atom. The van der Waals surface area contributed by atoms with E-state index in [-0.39, 0.29) is 4.83 Å². The minimum atomic E-state index is -3.34. The Hall–Kier alpha value is 0.310. The quantitative estimate of drug-likeness (QED) is 0.755. The molecule has 0 aromatic heterocycles. The molecule has 1 aliphatic heterocycles. The van der Waals surface area contributed by atoms with Crippen molar-refractivity contribution in [3.05, 3.63) is 0 Å². The average molecular weight is 315 g/mol. The lowest BCUT2D eigenvalue weighted by atomic mass is 10.1. The number of halogens is 1. The zero-order valence-electron chi connectivity index (χ0n) is 9.65. The van der Waals surface area contributed by atoms with E-state index in [1.807, 2.05) is 13.8 Å². The molecule has 1 fully saturated rings. The summed E-state index contributed by atoms with van der Waals surface area (Å²) in [7, 11) is -3.34. The van der Waals surface area contributed by atoms with Gasteiger partial charge in [0.05, 0.1) is 13.2 Å². The Morgan fingerprint density at radius 1 is 1.38 bits per heavy atom. The van der Waals surface area contributed by atoms with Crippen LogP contribution in [0.15, 0.2) is 0 Å². The SMILES string of the molecule is CC(C)C(Br)CNS(=O)(=O)N1CCOCC1. The van der Waals surface area contributed by atoms with E-state index < -0.39 is 10.2 Å². The summed E-state index contributed by atoms with van der Waals surface area (Å²) < 4.78 is 32.9. The first-order chi connectivity index (χ1) is 7.43. The van der Waals surface area contributed by atoms with Crippen LogP contribution < -0.4 is 4.72 Å². The summed E-state index contributed by atoms with van der Waals surface area (Å²) in [5.74, 6) is 0.396. The topological polar surface area (TPSA) is 58.6 Å². The molecule has 1 heterocycles. The highest BCUT2D eigenvalue weighted by molar-refractivity contribution is 9.09. The van der Waals surface area contributed by atoms with Gasteiger partial charge in [-0.1, -0.05) is 29.8 Å². The van der Waals surface area contributed by atoms with E-state index in [1.54, 1.807) is 0 Å². The maximum absolute atomic E-state index is 11.9. The number of alkyl halides is 1. The smallest absolute Gasteiger partial charge is 0.279 e. The van der Waals surface area contributed by atoms with Crippen molar-refractivity contribution in [2.75, 3.05) is 32.8 Å². The molecule has 1 saturated heterocycles. The molecule has 0 aliphatic carbocycles. The van der Waals surface area contributed by atoms with Crippen molar-refractivity contribution in [3.8, 4) is 0 Å². The summed E-state index contributed by atoms with van der Waals surface area (Å²) in [6, 6.07) is 0. The van der Waals surface area contributed by atoms with Crippen LogP contribution in [0.3, 0.4) is 0 Å². The third-order valence-corrected chi connectivity index (χ3v) is 5.45. The fourth-order valence-electron chi connectivity index (χ4n) is 1.30. The largest absolute Gasteiger partial charge is 0.379 e. The van der Waals surface area contributed by atoms with E-state index >= 15 is 0 Å². The standard InChI is InChI=1S/C9H19BrN2O3S/c1-8(2)9(10)7-11-16(13,14)12-3-5-15-6-4-12/h8-9,11H,3-7H2,1-2H3. The Morgan fingerprint density at radius 2 is 1.94 bits per heavy atom. The minimum absolute atomic E-state index is 0.156. The van der Waals surface area contributed by atoms with E-state index in [9.17, 15) is 8.42 Å². The van der Waals surface area contributed by atoms with Crippen molar-refractivity contribution in [3.63, 3.8) is 0 Å². The molecule has 5 nitrogen and oxygen atoms in total. The first kappa shape index (κ1) is 14.4. The molecule has 1 atom stereocenters. The first-order valence-corrected chi connectivity index (χ1v) is 7.75. The summed E-state index contributed by atoms with van der Waals surface area (Å²) in [5.41, 5.74) is 0. The number of morpholine rings is 1. The molecule has 7 heteroatoms. The van der Waals surface area contributed by atoms with Gasteiger partial charge < -0.3 is 4.74 Å². The summed E-state index contributed by atoms with van der Waals surface area (Å²) in [6.45, 7) is 6.32. The molecule has 0 aromatic carbocycles. The fraction of sp³-hybridized carbons (Fsp3) is 1.00. The third kappa shape index (κ3) is 4.29. The number of hydrogen-bond acceptors (Lipinski definition) is 3. The maximum Gasteiger partial charge on any atom is 0.279 e. The van der Waals surface area contributed by atoms with Gasteiger partial charge in [-0.25, -0.2) is 4.72 Å². The number of nitrogens with one attached hydrogen (secondary N) is 1. The Balaban J connectivity index is 2.44. The molecule has 96 valence electrons. The lowest BCUT2D eigenvalue weighted by molar-refractivity contribution is 0.0725. The van der Waals surface area contributed by atoms with Crippen molar-refractivity contribution in [1.29, 1.82) is 0 Å². The van der Waals surface area contributed by atoms with Gasteiger partial charge in [-0.05, 0) is 5.92 Å². The fourth-order valence-corrected chi connectivity index (χ4v) is 2.88. The average Bonchev–Trinajstić information content (AvgIpc) is 2.27. The normalized spacial score (nSPS) is 21.2. The highest BCUT2D eigenvalue weighted by Gasteiger charge is 2.24. The van der Waals surface area contributed by atoms with Gasteiger partial charge in [0.1, 0.15) is 0 Å². The van der Waals surface area contributed by atoms with Crippen molar-refractivity contribution in [1.82, 2.24) is 9.03 Å². The summed E-state index contributed by atoms with van der Waals surface area (Å²) >= 11 is 3.45. The van der Waals surface area contributed by atoms with Gasteiger partial charge in [-0.2, -0.15) is 12.7 Å². The van der Waals surface area contributed by atoms with Crippen LogP contribution in [0.4, 0.5) is 0 Å². The minimum Gasteiger partial charge on any atom is -0.379 e. The number of nitrogens with zero attached hydrogens (tertiary/aromatic N) is 1. The van der Waals surface area contributed by atoms with Crippen LogP contribution in [0.2, 0.25) is 0 Å². The van der Waals surface area contributed by atoms with Gasteiger partial charge in [0.2, 0.25) is 0 Å². The van der Waals surface area contributed by atoms with Crippen molar-refractivity contribution in [2.45, 2.75) is 18.7 Å². The number of ether oxygens (including phenoxy) is 1. The molecule has 1 aliphatic rings. The van der Waals surface area contributed by atoms with Crippen molar-refractivity contribution in [2.24, 2.45) is 5.92 Å². The predicted octanol–water partition coefficient (Wildman–Crippen LogP) is 0.573. The highest BCUT2D eigenvalue weighted by Crippen LogP contribution is 2.11. The summed E-state index contributed by atoms with van der Waals surface area (Å²) in [6.07, 6.45) is 0. The van der Waals surface area contributed by atoms with Gasteiger partial charge >= 0.3 is 0 Å². The molecular weight excluding hydrogens is 296 g/mol. The van der Waals surface area contributed by atoms with Gasteiger partial charge in [-0.15, -0.1) is 0 Å². The second kappa shape index (κ2) is 6.30. The lowest BCUT2D eigenvalue weighted by Crippen LogP contribution is -2.48. The van der Waals surface area contributed by atoms with Gasteiger partial charge in [-0.3, -0.25) is 0 Å². The predicted molar refractivity (Wildman–Crippen MR) is 66.9 cm³/mol. The van der Waals surface area contributed by atoms with Crippen LogP contribution >= 0.6 is 15.9 Å². The Kier molecular flexibility index (Phi) is 5.66. The zero-order valence-corrected chi connectivity index (χ0v) is 12.1. The molecule has 0 bridgehead atoms. The molecule has 1 rings (SSSR count). The Bertz CT molecular complexity index is 302. The molecular formula is C9H19BrN2O3S. The first-order valence-electron chi connectivity index (χ1n) is 5.40. The lowest BCUT2D eigenvalue weighted by Gasteiger charge is -2.26. The number of rotatable bonds is 5. The van der Waals surface area contributed by atoms with Crippen LogP contribution in [0.1, 0.15) is 13.8 Å². The molecule has 0 spiro atoms. The Labute approximate surface area is 106 Å². The van der Waals surface area contributed by atoms with Crippen LogP contribution in [0, 0.1) is 5.92 Å². The molecule has 0 amide bonds. The number of hydrogen-bond donors (Lipinski definition) is 1. The van der Waals surface area contributed by atoms with Crippen LogP contribution in [0.25, 0.3) is 0 Å². The maximum atomic E-state index is 11.9. The monoisotopic (exact) mass is 314 g/mol. The molecule has 0 saturated carbocycles. The van der Waals surface area contributed by atoms with E-state index in [0.29, 0.717) is 38.8 Å². The van der Waals surface area contributed by atoms with Gasteiger partial charge in [0.15, 0.2) is 0 Å². The second-order valence-corrected chi connectivity index (χ2v) is 7.06. The molecule has 0 radical (unpaired) electrons. The van der Waals surface area contributed by atoms with Crippen molar-refractivity contribution < 1.29 is 13.2 Å². The molecule has 1 N–H and O–H groups in total. The van der Waals surface area contributed by atoms with Crippen LogP contribution in [-0.4, -0.2) is 50.4 Å². The third-order valence-electron chi connectivity index (χ3n) is 2.49. The second-order valence-electron chi connectivity index (χ2n) is 4.12. The highest BCUT2D eigenvalue weighted by atomic mass is 79.9. The summed E-state index contributed by atoms with van der Waals surface area (Å²) in [4.78, 5) is 0.156. The van der Waals surface area contributed by atoms with Crippen LogP contribution in [-0.2, 0) is 14.9 Å². The van der Waals surface area contributed by atoms with Gasteiger partial charge in [0, 0.05) is 24.5 Å². The van der Waals surface area contributed by atoms with Crippen LogP contribution in [0.5, 0.6) is 0 Å². The van der Waals surface area contributed by atoms with E-state index in [0.717, 1.165) is 0 Å². The van der Waals surface area contributed by atoms with Crippen molar-refractivity contribution >= 4 is 26.1 Å². The van der Waals surface area contributed by atoms with E-state index in [1.165, 1.54) is 4.31 Å². The molecule has 0 aromatic rings. The summed E-state index contributed by atoms with van der Waals surface area (Å²) in [5, 5.41) is 0. The molecule has 1 unspecified atom stereocenters. The van der Waals surface area contributed by atoms with Gasteiger partial charge in [0.25, 0.3) is 10.2 Å². The van der Waals surface area contributed by atoms with E-state index in [2.05, 4.69) is 20.7 Å².